The van der Waals surface area contributed by atoms with Crippen LogP contribution in [-0.2, 0) is 13.1 Å². The van der Waals surface area contributed by atoms with Gasteiger partial charge < -0.3 is 14.8 Å². The maximum Gasteiger partial charge on any atom is 0.159 e. The van der Waals surface area contributed by atoms with Crippen LogP contribution in [0, 0.1) is 19.1 Å². The first-order chi connectivity index (χ1) is 9.55. The van der Waals surface area contributed by atoms with E-state index in [1.165, 1.54) is 27.9 Å². The third-order valence-corrected chi connectivity index (χ3v) is 4.44. The molecule has 0 aliphatic carbocycles. The van der Waals surface area contributed by atoms with Gasteiger partial charge in [0.25, 0.3) is 0 Å². The van der Waals surface area contributed by atoms with Gasteiger partial charge in [-0.25, -0.2) is 0 Å². The van der Waals surface area contributed by atoms with Crippen LogP contribution < -0.4 is 9.55 Å². The zero-order valence-corrected chi connectivity index (χ0v) is 11.9. The number of nitrogens with zero attached hydrogens (tertiary/aromatic N) is 2. The van der Waals surface area contributed by atoms with Gasteiger partial charge >= 0.3 is 0 Å². The summed E-state index contributed by atoms with van der Waals surface area (Å²) < 4.78 is -0.244. The van der Waals surface area contributed by atoms with Crippen molar-refractivity contribution in [2.75, 3.05) is 11.6 Å². The fraction of sp³-hybridized carbons (Fsp3) is 0.294. The Morgan fingerprint density at radius 1 is 1.00 bits per heavy atom. The number of rotatable bonds is 0. The van der Waals surface area contributed by atoms with Crippen LogP contribution in [0.15, 0.2) is 36.4 Å². The molecule has 4 rings (SSSR count). The highest BCUT2D eigenvalue weighted by atomic mass is 16.5. The molecule has 0 spiro atoms. The molecule has 2 aromatic carbocycles. The topological polar surface area (TPSA) is 26.3 Å². The van der Waals surface area contributed by atoms with E-state index in [0.717, 1.165) is 12.2 Å². The van der Waals surface area contributed by atoms with Gasteiger partial charge in [-0.1, -0.05) is 23.3 Å². The lowest BCUT2D eigenvalue weighted by Gasteiger charge is -2.53. The molecule has 2 aromatic rings. The molecule has 2 heterocycles. The summed E-state index contributed by atoms with van der Waals surface area (Å²) in [6.45, 7) is 6.09. The van der Waals surface area contributed by atoms with Crippen molar-refractivity contribution in [2.45, 2.75) is 26.9 Å². The Labute approximate surface area is 119 Å². The van der Waals surface area contributed by atoms with Crippen LogP contribution in [0.1, 0.15) is 22.3 Å². The van der Waals surface area contributed by atoms with Crippen molar-refractivity contribution in [3.8, 4) is 0 Å². The summed E-state index contributed by atoms with van der Waals surface area (Å²) in [6.07, 6.45) is 0. The standard InChI is InChI=1S/C17H18N2O/c1-12-3-5-16-15(8-12)10-19(20)11-18(16)9-14-7-13(2)4-6-17(14)19/h3-8H,9-11H2,1-2H3/t19-/m1/s1. The molecule has 3 heteroatoms. The number of anilines is 1. The van der Waals surface area contributed by atoms with Crippen LogP contribution in [0.4, 0.5) is 11.4 Å². The van der Waals surface area contributed by atoms with Crippen molar-refractivity contribution in [3.63, 3.8) is 0 Å². The fourth-order valence-corrected chi connectivity index (χ4v) is 3.57. The molecular formula is C17H18N2O. The first-order valence-electron chi connectivity index (χ1n) is 7.08. The van der Waals surface area contributed by atoms with E-state index in [0.29, 0.717) is 13.2 Å². The minimum atomic E-state index is -0.244. The number of hydrogen-bond donors (Lipinski definition) is 0. The molecule has 2 bridgehead atoms. The van der Waals surface area contributed by atoms with E-state index < -0.39 is 0 Å². The minimum absolute atomic E-state index is 0.244. The normalized spacial score (nSPS) is 23.2. The monoisotopic (exact) mass is 266 g/mol. The lowest BCUT2D eigenvalue weighted by atomic mass is 9.98. The molecule has 0 unspecified atom stereocenters. The summed E-state index contributed by atoms with van der Waals surface area (Å²) in [5, 5.41) is 13.3. The maximum absolute atomic E-state index is 13.3. The van der Waals surface area contributed by atoms with E-state index in [2.05, 4.69) is 49.1 Å². The van der Waals surface area contributed by atoms with Gasteiger partial charge in [-0.2, -0.15) is 0 Å². The van der Waals surface area contributed by atoms with Gasteiger partial charge in [0.05, 0.1) is 12.2 Å². The van der Waals surface area contributed by atoms with E-state index in [1.54, 1.807) is 0 Å². The quantitative estimate of drug-likeness (QED) is 0.538. The maximum atomic E-state index is 13.3. The Hall–Kier alpha value is -1.84. The molecule has 2 aliphatic rings. The van der Waals surface area contributed by atoms with Crippen LogP contribution in [0.25, 0.3) is 0 Å². The number of quaternary nitrogens is 1. The number of fused-ring (bicyclic) bond motifs is 6. The van der Waals surface area contributed by atoms with Crippen molar-refractivity contribution in [1.29, 1.82) is 0 Å². The second-order valence-electron chi connectivity index (χ2n) is 6.15. The highest BCUT2D eigenvalue weighted by Crippen LogP contribution is 2.42. The lowest BCUT2D eigenvalue weighted by molar-refractivity contribution is 0.323. The van der Waals surface area contributed by atoms with Gasteiger partial charge in [0.15, 0.2) is 6.67 Å². The summed E-state index contributed by atoms with van der Waals surface area (Å²) in [7, 11) is 0. The second kappa shape index (κ2) is 3.84. The van der Waals surface area contributed by atoms with Crippen LogP contribution in [0.5, 0.6) is 0 Å². The summed E-state index contributed by atoms with van der Waals surface area (Å²) in [6, 6.07) is 12.7. The van der Waals surface area contributed by atoms with Crippen molar-refractivity contribution >= 4 is 11.4 Å². The average Bonchev–Trinajstić information content (AvgIpc) is 2.37. The Kier molecular flexibility index (Phi) is 2.29. The highest BCUT2D eigenvalue weighted by molar-refractivity contribution is 5.66. The fourth-order valence-electron chi connectivity index (χ4n) is 3.57. The number of aryl methyl sites for hydroxylation is 2. The predicted molar refractivity (Wildman–Crippen MR) is 82.3 cm³/mol. The minimum Gasteiger partial charge on any atom is -0.626 e. The Morgan fingerprint density at radius 3 is 2.50 bits per heavy atom. The van der Waals surface area contributed by atoms with Crippen molar-refractivity contribution in [2.24, 2.45) is 0 Å². The zero-order chi connectivity index (χ0) is 13.9. The van der Waals surface area contributed by atoms with Crippen molar-refractivity contribution < 1.29 is 0 Å². The summed E-state index contributed by atoms with van der Waals surface area (Å²) >= 11 is 0. The Bertz CT molecular complexity index is 710. The van der Waals surface area contributed by atoms with Crippen molar-refractivity contribution in [1.82, 2.24) is 4.65 Å². The van der Waals surface area contributed by atoms with Crippen LogP contribution >= 0.6 is 0 Å². The molecule has 0 amide bonds. The van der Waals surface area contributed by atoms with Gasteiger partial charge in [-0.05, 0) is 32.0 Å². The number of benzene rings is 2. The smallest absolute Gasteiger partial charge is 0.159 e. The zero-order valence-electron chi connectivity index (χ0n) is 11.9. The predicted octanol–water partition coefficient (Wildman–Crippen LogP) is 3.60. The average molecular weight is 266 g/mol. The third-order valence-electron chi connectivity index (χ3n) is 4.44. The summed E-state index contributed by atoms with van der Waals surface area (Å²) in [5.41, 5.74) is 6.98. The summed E-state index contributed by atoms with van der Waals surface area (Å²) in [5.74, 6) is 0. The highest BCUT2D eigenvalue weighted by Gasteiger charge is 2.38. The first-order valence-corrected chi connectivity index (χ1v) is 7.08. The van der Waals surface area contributed by atoms with Gasteiger partial charge in [0.1, 0.15) is 12.2 Å². The molecule has 0 aromatic heterocycles. The molecule has 3 nitrogen and oxygen atoms in total. The molecule has 102 valence electrons. The largest absolute Gasteiger partial charge is 0.626 e. The van der Waals surface area contributed by atoms with E-state index in [1.807, 2.05) is 6.07 Å². The Balaban J connectivity index is 1.90. The number of hydrogen-bond acceptors (Lipinski definition) is 2. The van der Waals surface area contributed by atoms with Crippen LogP contribution in [0.2, 0.25) is 0 Å². The van der Waals surface area contributed by atoms with Crippen molar-refractivity contribution in [3.05, 3.63) is 63.9 Å². The molecule has 0 radical (unpaired) electrons. The van der Waals surface area contributed by atoms with Gasteiger partial charge in [0, 0.05) is 17.2 Å². The van der Waals surface area contributed by atoms with Crippen LogP contribution in [-0.4, -0.2) is 6.67 Å². The van der Waals surface area contributed by atoms with E-state index >= 15 is 0 Å². The van der Waals surface area contributed by atoms with E-state index in [-0.39, 0.29) is 4.65 Å². The molecule has 0 fully saturated rings. The van der Waals surface area contributed by atoms with E-state index in [4.69, 9.17) is 0 Å². The Morgan fingerprint density at radius 2 is 1.70 bits per heavy atom. The molecule has 0 N–H and O–H groups in total. The molecular weight excluding hydrogens is 248 g/mol. The third kappa shape index (κ3) is 1.60. The molecule has 0 saturated heterocycles. The molecule has 1 atom stereocenters. The van der Waals surface area contributed by atoms with E-state index in [9.17, 15) is 5.21 Å². The lowest BCUT2D eigenvalue weighted by Crippen LogP contribution is -2.57. The molecule has 2 aliphatic heterocycles. The SMILES string of the molecule is Cc1ccc2c(c1)C[N@@+]1([O-])CN2Cc2cc(C)ccc21. The first kappa shape index (κ1) is 11.9. The van der Waals surface area contributed by atoms with Crippen LogP contribution in [0.3, 0.4) is 0 Å². The molecule has 0 saturated carbocycles. The second-order valence-corrected chi connectivity index (χ2v) is 6.15. The van der Waals surface area contributed by atoms with Gasteiger partial charge in [-0.3, -0.25) is 0 Å². The summed E-state index contributed by atoms with van der Waals surface area (Å²) in [4.78, 5) is 2.23. The number of hydroxylamine groups is 2. The van der Waals surface area contributed by atoms with Gasteiger partial charge in [-0.15, -0.1) is 0 Å². The van der Waals surface area contributed by atoms with Gasteiger partial charge in [0.2, 0.25) is 0 Å². The molecule has 20 heavy (non-hydrogen) atoms.